The van der Waals surface area contributed by atoms with Gasteiger partial charge in [0, 0.05) is 13.0 Å². The molecule has 24 heavy (non-hydrogen) atoms. The van der Waals surface area contributed by atoms with Crippen LogP contribution in [-0.2, 0) is 9.59 Å². The van der Waals surface area contributed by atoms with E-state index in [9.17, 15) is 14.4 Å². The largest absolute Gasteiger partial charge is 0.351 e. The zero-order chi connectivity index (χ0) is 16.9. The first kappa shape index (κ1) is 16.2. The van der Waals surface area contributed by atoms with Crippen LogP contribution in [0.2, 0.25) is 0 Å². The third-order valence-corrected chi connectivity index (χ3v) is 4.54. The average Bonchev–Trinajstić information content (AvgIpc) is 3.12. The number of nitrogens with one attached hydrogen (secondary N) is 2. The van der Waals surface area contributed by atoms with E-state index in [1.807, 2.05) is 29.6 Å². The average molecular weight is 343 g/mol. The number of hydrogen-bond acceptors (Lipinski definition) is 4. The second-order valence-electron chi connectivity index (χ2n) is 5.38. The molecule has 3 amide bonds. The summed E-state index contributed by atoms with van der Waals surface area (Å²) in [7, 11) is 0. The molecule has 2 N–H and O–H groups in total. The van der Waals surface area contributed by atoms with Gasteiger partial charge < -0.3 is 15.5 Å². The van der Waals surface area contributed by atoms with E-state index in [0.29, 0.717) is 29.2 Å². The third-order valence-electron chi connectivity index (χ3n) is 3.67. The highest BCUT2D eigenvalue weighted by atomic mass is 32.1. The van der Waals surface area contributed by atoms with Gasteiger partial charge in [-0.3, -0.25) is 14.4 Å². The Bertz CT molecular complexity index is 758. The standard InChI is InChI=1S/C17H17N3O3S/c21-15-11-20(13-6-2-1-5-12(13)19-15)16(22)8-3-9-18-17(23)14-7-4-10-24-14/h1-2,4-7,10H,3,8-9,11H2,(H,18,23)(H,19,21). The molecule has 124 valence electrons. The molecule has 0 aliphatic carbocycles. The van der Waals surface area contributed by atoms with Crippen LogP contribution in [0.4, 0.5) is 11.4 Å². The molecule has 3 rings (SSSR count). The summed E-state index contributed by atoms with van der Waals surface area (Å²) in [4.78, 5) is 38.1. The number of carbonyl (C=O) groups is 3. The fourth-order valence-corrected chi connectivity index (χ4v) is 3.17. The Morgan fingerprint density at radius 1 is 1.21 bits per heavy atom. The Kier molecular flexibility index (Phi) is 4.90. The smallest absolute Gasteiger partial charge is 0.261 e. The zero-order valence-corrected chi connectivity index (χ0v) is 13.8. The Labute approximate surface area is 143 Å². The molecule has 6 nitrogen and oxygen atoms in total. The van der Waals surface area contributed by atoms with Crippen molar-refractivity contribution in [2.24, 2.45) is 0 Å². The van der Waals surface area contributed by atoms with Crippen molar-refractivity contribution in [3.8, 4) is 0 Å². The van der Waals surface area contributed by atoms with Gasteiger partial charge in [0.05, 0.1) is 16.3 Å². The van der Waals surface area contributed by atoms with Crippen LogP contribution < -0.4 is 15.5 Å². The molecule has 1 aliphatic heterocycles. The first-order valence-electron chi connectivity index (χ1n) is 7.66. The number of para-hydroxylation sites is 2. The number of carbonyl (C=O) groups excluding carboxylic acids is 3. The minimum absolute atomic E-state index is 0.0252. The van der Waals surface area contributed by atoms with E-state index >= 15 is 0 Å². The van der Waals surface area contributed by atoms with Crippen molar-refractivity contribution in [3.63, 3.8) is 0 Å². The summed E-state index contributed by atoms with van der Waals surface area (Å²) in [5.41, 5.74) is 1.36. The van der Waals surface area contributed by atoms with Gasteiger partial charge in [-0.25, -0.2) is 0 Å². The SMILES string of the molecule is O=C1CN(C(=O)CCCNC(=O)c2cccs2)c2ccccc2N1. The Hall–Kier alpha value is -2.67. The number of rotatable bonds is 5. The van der Waals surface area contributed by atoms with Crippen LogP contribution >= 0.6 is 11.3 Å². The fraction of sp³-hybridized carbons (Fsp3) is 0.235. The quantitative estimate of drug-likeness (QED) is 0.817. The lowest BCUT2D eigenvalue weighted by Crippen LogP contribution is -2.42. The van der Waals surface area contributed by atoms with Crippen LogP contribution in [0.1, 0.15) is 22.5 Å². The lowest BCUT2D eigenvalue weighted by atomic mass is 10.1. The molecule has 0 saturated heterocycles. The predicted octanol–water partition coefficient (Wildman–Crippen LogP) is 2.24. The van der Waals surface area contributed by atoms with Crippen LogP contribution in [0.25, 0.3) is 0 Å². The first-order chi connectivity index (χ1) is 11.6. The summed E-state index contributed by atoms with van der Waals surface area (Å²) < 4.78 is 0. The molecule has 1 aromatic carbocycles. The van der Waals surface area contributed by atoms with E-state index in [-0.39, 0.29) is 30.7 Å². The van der Waals surface area contributed by atoms with Crippen molar-refractivity contribution < 1.29 is 14.4 Å². The fourth-order valence-electron chi connectivity index (χ4n) is 2.53. The molecule has 0 bridgehead atoms. The van der Waals surface area contributed by atoms with Gasteiger partial charge in [-0.05, 0) is 30.0 Å². The van der Waals surface area contributed by atoms with Gasteiger partial charge in [-0.1, -0.05) is 18.2 Å². The molecule has 0 radical (unpaired) electrons. The number of hydrogen-bond donors (Lipinski definition) is 2. The topological polar surface area (TPSA) is 78.5 Å². The minimum Gasteiger partial charge on any atom is -0.351 e. The molecule has 1 aliphatic rings. The van der Waals surface area contributed by atoms with E-state index < -0.39 is 0 Å². The number of anilines is 2. The molecular weight excluding hydrogens is 326 g/mol. The first-order valence-corrected chi connectivity index (χ1v) is 8.54. The molecule has 0 fully saturated rings. The molecule has 0 atom stereocenters. The lowest BCUT2D eigenvalue weighted by molar-refractivity contribution is -0.122. The van der Waals surface area contributed by atoms with Crippen molar-refractivity contribution in [2.45, 2.75) is 12.8 Å². The molecule has 1 aromatic heterocycles. The van der Waals surface area contributed by atoms with E-state index in [1.54, 1.807) is 12.1 Å². The highest BCUT2D eigenvalue weighted by Gasteiger charge is 2.25. The maximum atomic E-state index is 12.4. The summed E-state index contributed by atoms with van der Waals surface area (Å²) in [5.74, 6) is -0.448. The van der Waals surface area contributed by atoms with Crippen LogP contribution in [-0.4, -0.2) is 30.8 Å². The van der Waals surface area contributed by atoms with Gasteiger partial charge in [0.1, 0.15) is 6.54 Å². The summed E-state index contributed by atoms with van der Waals surface area (Å²) >= 11 is 1.38. The number of thiophene rings is 1. The van der Waals surface area contributed by atoms with Gasteiger partial charge in [0.15, 0.2) is 0 Å². The van der Waals surface area contributed by atoms with Gasteiger partial charge in [0.2, 0.25) is 11.8 Å². The number of fused-ring (bicyclic) bond motifs is 1. The van der Waals surface area contributed by atoms with E-state index in [1.165, 1.54) is 16.2 Å². The van der Waals surface area contributed by atoms with Crippen molar-refractivity contribution >= 4 is 40.4 Å². The maximum Gasteiger partial charge on any atom is 0.261 e. The monoisotopic (exact) mass is 343 g/mol. The van der Waals surface area contributed by atoms with Crippen molar-refractivity contribution in [1.82, 2.24) is 5.32 Å². The van der Waals surface area contributed by atoms with E-state index in [0.717, 1.165) is 0 Å². The molecule has 0 unspecified atom stereocenters. The van der Waals surface area contributed by atoms with Crippen LogP contribution in [0, 0.1) is 0 Å². The third kappa shape index (κ3) is 3.62. The lowest BCUT2D eigenvalue weighted by Gasteiger charge is -2.29. The Morgan fingerprint density at radius 2 is 2.04 bits per heavy atom. The molecule has 0 spiro atoms. The summed E-state index contributed by atoms with van der Waals surface area (Å²) in [6.45, 7) is 0.446. The molecule has 2 heterocycles. The molecule has 2 aromatic rings. The van der Waals surface area contributed by atoms with E-state index in [2.05, 4.69) is 10.6 Å². The summed E-state index contributed by atoms with van der Waals surface area (Å²) in [6.07, 6.45) is 0.794. The zero-order valence-electron chi connectivity index (χ0n) is 13.0. The Morgan fingerprint density at radius 3 is 2.83 bits per heavy atom. The minimum atomic E-state index is -0.201. The second-order valence-corrected chi connectivity index (χ2v) is 6.33. The maximum absolute atomic E-state index is 12.4. The number of nitrogens with zero attached hydrogens (tertiary/aromatic N) is 1. The Balaban J connectivity index is 1.52. The van der Waals surface area contributed by atoms with Crippen molar-refractivity contribution in [2.75, 3.05) is 23.3 Å². The van der Waals surface area contributed by atoms with Crippen LogP contribution in [0.15, 0.2) is 41.8 Å². The van der Waals surface area contributed by atoms with Gasteiger partial charge in [0.25, 0.3) is 5.91 Å². The highest BCUT2D eigenvalue weighted by molar-refractivity contribution is 7.12. The number of amides is 3. The van der Waals surface area contributed by atoms with E-state index in [4.69, 9.17) is 0 Å². The molecule has 7 heteroatoms. The second kappa shape index (κ2) is 7.27. The normalized spacial score (nSPS) is 13.2. The van der Waals surface area contributed by atoms with Gasteiger partial charge in [-0.2, -0.15) is 0 Å². The summed E-state index contributed by atoms with van der Waals surface area (Å²) in [6, 6.07) is 10.8. The predicted molar refractivity (Wildman–Crippen MR) is 93.3 cm³/mol. The molecule has 0 saturated carbocycles. The highest BCUT2D eigenvalue weighted by Crippen LogP contribution is 2.29. The van der Waals surface area contributed by atoms with Gasteiger partial charge in [-0.15, -0.1) is 11.3 Å². The van der Waals surface area contributed by atoms with Gasteiger partial charge >= 0.3 is 0 Å². The van der Waals surface area contributed by atoms with Crippen molar-refractivity contribution in [1.29, 1.82) is 0 Å². The summed E-state index contributed by atoms with van der Waals surface area (Å²) in [5, 5.41) is 7.39. The molecular formula is C17H17N3O3S. The van der Waals surface area contributed by atoms with Crippen LogP contribution in [0.5, 0.6) is 0 Å². The van der Waals surface area contributed by atoms with Crippen molar-refractivity contribution in [3.05, 3.63) is 46.7 Å². The number of benzene rings is 1. The van der Waals surface area contributed by atoms with Crippen LogP contribution in [0.3, 0.4) is 0 Å².